The fourth-order valence-corrected chi connectivity index (χ4v) is 2.56. The molecule has 1 aliphatic heterocycles. The Morgan fingerprint density at radius 1 is 1.24 bits per heavy atom. The van der Waals surface area contributed by atoms with Crippen LogP contribution in [0.4, 0.5) is 10.5 Å². The van der Waals surface area contributed by atoms with Gasteiger partial charge in [-0.15, -0.1) is 0 Å². The fourth-order valence-electron chi connectivity index (χ4n) is 2.34. The van der Waals surface area contributed by atoms with Crippen molar-refractivity contribution in [3.63, 3.8) is 0 Å². The van der Waals surface area contributed by atoms with Crippen LogP contribution in [0, 0.1) is 0 Å². The number of carbonyl (C=O) groups excluding carboxylic acids is 2. The zero-order valence-electron chi connectivity index (χ0n) is 9.07. The minimum Gasteiger partial charge on any atom is -0.323 e. The number of para-hydroxylation sites is 1. The second-order valence-corrected chi connectivity index (χ2v) is 4.86. The molecule has 0 radical (unpaired) electrons. The van der Waals surface area contributed by atoms with Gasteiger partial charge in [-0.25, -0.2) is 9.69 Å². The Morgan fingerprint density at radius 2 is 1.94 bits per heavy atom. The Morgan fingerprint density at radius 3 is 2.47 bits per heavy atom. The van der Waals surface area contributed by atoms with E-state index in [1.807, 2.05) is 0 Å². The van der Waals surface area contributed by atoms with Crippen molar-refractivity contribution in [2.45, 2.75) is 24.8 Å². The smallest absolute Gasteiger partial charge is 0.323 e. The van der Waals surface area contributed by atoms with Crippen LogP contribution in [0.1, 0.15) is 19.3 Å². The van der Waals surface area contributed by atoms with Crippen LogP contribution in [0.15, 0.2) is 24.3 Å². The van der Waals surface area contributed by atoms with Crippen LogP contribution in [-0.4, -0.2) is 17.5 Å². The number of urea groups is 1. The average molecular weight is 251 g/mol. The zero-order valence-corrected chi connectivity index (χ0v) is 9.83. The number of rotatable bonds is 1. The van der Waals surface area contributed by atoms with E-state index in [9.17, 15) is 9.59 Å². The van der Waals surface area contributed by atoms with Gasteiger partial charge in [0, 0.05) is 0 Å². The van der Waals surface area contributed by atoms with Crippen molar-refractivity contribution in [1.29, 1.82) is 0 Å². The van der Waals surface area contributed by atoms with Gasteiger partial charge in [0.25, 0.3) is 5.91 Å². The number of hydrogen-bond acceptors (Lipinski definition) is 2. The molecule has 0 aromatic heterocycles. The molecule has 1 saturated heterocycles. The van der Waals surface area contributed by atoms with Gasteiger partial charge in [-0.3, -0.25) is 4.79 Å². The minimum atomic E-state index is -0.656. The summed E-state index contributed by atoms with van der Waals surface area (Å²) in [5, 5.41) is 3.18. The normalized spacial score (nSPS) is 21.6. The SMILES string of the molecule is O=C1NC2(CCC2)C(=O)N1c1ccccc1Cl. The van der Waals surface area contributed by atoms with Gasteiger partial charge >= 0.3 is 6.03 Å². The number of nitrogens with one attached hydrogen (secondary N) is 1. The molecule has 4 nitrogen and oxygen atoms in total. The number of nitrogens with zero attached hydrogens (tertiary/aromatic N) is 1. The van der Waals surface area contributed by atoms with Crippen LogP contribution in [0.5, 0.6) is 0 Å². The lowest BCUT2D eigenvalue weighted by Gasteiger charge is -2.34. The Labute approximate surface area is 104 Å². The summed E-state index contributed by atoms with van der Waals surface area (Å²) in [7, 11) is 0. The molecule has 2 fully saturated rings. The molecular weight excluding hydrogens is 240 g/mol. The summed E-state index contributed by atoms with van der Waals surface area (Å²) in [5.74, 6) is -0.179. The van der Waals surface area contributed by atoms with Crippen molar-refractivity contribution >= 4 is 29.2 Å². The molecule has 3 amide bonds. The predicted octanol–water partition coefficient (Wildman–Crippen LogP) is 2.32. The molecule has 5 heteroatoms. The van der Waals surface area contributed by atoms with E-state index < -0.39 is 5.54 Å². The largest absolute Gasteiger partial charge is 0.329 e. The number of benzene rings is 1. The standard InChI is InChI=1S/C12H11ClN2O2/c13-8-4-1-2-5-9(8)15-10(16)12(6-3-7-12)14-11(15)17/h1-2,4-5H,3,6-7H2,(H,14,17). The number of anilines is 1. The van der Waals surface area contributed by atoms with Gasteiger partial charge in [0.05, 0.1) is 10.7 Å². The van der Waals surface area contributed by atoms with Gasteiger partial charge in [0.1, 0.15) is 5.54 Å². The molecule has 17 heavy (non-hydrogen) atoms. The molecule has 2 aliphatic rings. The second-order valence-electron chi connectivity index (χ2n) is 4.46. The number of amides is 3. The van der Waals surface area contributed by atoms with E-state index in [-0.39, 0.29) is 11.9 Å². The number of halogens is 1. The first-order valence-corrected chi connectivity index (χ1v) is 5.93. The molecule has 1 N–H and O–H groups in total. The van der Waals surface area contributed by atoms with Crippen molar-refractivity contribution in [2.24, 2.45) is 0 Å². The summed E-state index contributed by atoms with van der Waals surface area (Å²) in [4.78, 5) is 25.3. The lowest BCUT2D eigenvalue weighted by molar-refractivity contribution is -0.124. The van der Waals surface area contributed by atoms with Crippen molar-refractivity contribution in [3.05, 3.63) is 29.3 Å². The third-order valence-corrected chi connectivity index (χ3v) is 3.78. The van der Waals surface area contributed by atoms with Gasteiger partial charge in [-0.1, -0.05) is 23.7 Å². The first kappa shape index (κ1) is 10.6. The summed E-state index contributed by atoms with van der Waals surface area (Å²) in [6.45, 7) is 0. The van der Waals surface area contributed by atoms with E-state index in [2.05, 4.69) is 5.32 Å². The monoisotopic (exact) mass is 250 g/mol. The highest BCUT2D eigenvalue weighted by Crippen LogP contribution is 2.40. The van der Waals surface area contributed by atoms with E-state index in [1.165, 1.54) is 0 Å². The number of imide groups is 1. The highest BCUT2D eigenvalue weighted by Gasteiger charge is 2.55. The summed E-state index contributed by atoms with van der Waals surface area (Å²) in [6.07, 6.45) is 2.42. The molecule has 1 aromatic carbocycles. The van der Waals surface area contributed by atoms with E-state index in [4.69, 9.17) is 11.6 Å². The minimum absolute atomic E-state index is 0.179. The third-order valence-electron chi connectivity index (χ3n) is 3.46. The Hall–Kier alpha value is -1.55. The van der Waals surface area contributed by atoms with E-state index in [0.717, 1.165) is 24.2 Å². The van der Waals surface area contributed by atoms with Crippen molar-refractivity contribution in [3.8, 4) is 0 Å². The van der Waals surface area contributed by atoms with Crippen LogP contribution < -0.4 is 10.2 Å². The van der Waals surface area contributed by atoms with Gasteiger partial charge in [-0.05, 0) is 31.4 Å². The van der Waals surface area contributed by atoms with Crippen molar-refractivity contribution in [2.75, 3.05) is 4.90 Å². The maximum Gasteiger partial charge on any atom is 0.329 e. The lowest BCUT2D eigenvalue weighted by Crippen LogP contribution is -2.52. The van der Waals surface area contributed by atoms with Gasteiger partial charge in [-0.2, -0.15) is 0 Å². The first-order chi connectivity index (χ1) is 8.14. The van der Waals surface area contributed by atoms with Crippen LogP contribution in [0.3, 0.4) is 0 Å². The van der Waals surface area contributed by atoms with E-state index in [1.54, 1.807) is 24.3 Å². The Kier molecular flexibility index (Phi) is 2.16. The van der Waals surface area contributed by atoms with Crippen LogP contribution in [-0.2, 0) is 4.79 Å². The molecule has 1 aliphatic carbocycles. The van der Waals surface area contributed by atoms with Crippen LogP contribution >= 0.6 is 11.6 Å². The van der Waals surface area contributed by atoms with Crippen molar-refractivity contribution < 1.29 is 9.59 Å². The highest BCUT2D eigenvalue weighted by molar-refractivity contribution is 6.36. The Balaban J connectivity index is 2.02. The molecular formula is C12H11ClN2O2. The van der Waals surface area contributed by atoms with Gasteiger partial charge in [0.15, 0.2) is 0 Å². The van der Waals surface area contributed by atoms with Crippen LogP contribution in [0.25, 0.3) is 0 Å². The molecule has 0 bridgehead atoms. The maximum absolute atomic E-state index is 12.3. The summed E-state index contributed by atoms with van der Waals surface area (Å²) < 4.78 is 0. The molecule has 88 valence electrons. The van der Waals surface area contributed by atoms with E-state index >= 15 is 0 Å². The third kappa shape index (κ3) is 1.37. The first-order valence-electron chi connectivity index (χ1n) is 5.55. The molecule has 0 unspecified atom stereocenters. The van der Waals surface area contributed by atoms with Gasteiger partial charge in [0.2, 0.25) is 0 Å². The number of carbonyl (C=O) groups is 2. The van der Waals surface area contributed by atoms with Crippen LogP contribution in [0.2, 0.25) is 5.02 Å². The van der Waals surface area contributed by atoms with E-state index in [0.29, 0.717) is 10.7 Å². The molecule has 1 spiro atoms. The number of hydrogen-bond donors (Lipinski definition) is 1. The quantitative estimate of drug-likeness (QED) is 0.778. The maximum atomic E-state index is 12.3. The topological polar surface area (TPSA) is 49.4 Å². The van der Waals surface area contributed by atoms with Gasteiger partial charge < -0.3 is 5.32 Å². The predicted molar refractivity (Wildman–Crippen MR) is 64.1 cm³/mol. The molecule has 1 saturated carbocycles. The molecule has 1 heterocycles. The average Bonchev–Trinajstić information content (AvgIpc) is 2.52. The van der Waals surface area contributed by atoms with Crippen molar-refractivity contribution in [1.82, 2.24) is 5.32 Å². The summed E-state index contributed by atoms with van der Waals surface area (Å²) >= 11 is 6.02. The second kappa shape index (κ2) is 3.47. The molecule has 0 atom stereocenters. The Bertz CT molecular complexity index is 511. The molecule has 1 aromatic rings. The zero-order chi connectivity index (χ0) is 12.0. The fraction of sp³-hybridized carbons (Fsp3) is 0.333. The summed E-state index contributed by atoms with van der Waals surface area (Å²) in [6, 6.07) is 6.50. The summed E-state index contributed by atoms with van der Waals surface area (Å²) in [5.41, 5.74) is -0.198. The lowest BCUT2D eigenvalue weighted by atomic mass is 9.77. The highest BCUT2D eigenvalue weighted by atomic mass is 35.5. The molecule has 3 rings (SSSR count).